The van der Waals surface area contributed by atoms with Crippen molar-refractivity contribution in [2.75, 3.05) is 0 Å². The molecule has 0 amide bonds. The van der Waals surface area contributed by atoms with E-state index in [1.54, 1.807) is 6.07 Å². The van der Waals surface area contributed by atoms with Crippen molar-refractivity contribution in [1.82, 2.24) is 4.98 Å². The maximum Gasteiger partial charge on any atom is 0.255 e. The van der Waals surface area contributed by atoms with Gasteiger partial charge in [-0.3, -0.25) is 0 Å². The predicted octanol–water partition coefficient (Wildman–Crippen LogP) is 4.55. The molecule has 0 aliphatic heterocycles. The first-order valence-corrected chi connectivity index (χ1v) is 5.63. The van der Waals surface area contributed by atoms with Gasteiger partial charge in [-0.1, -0.05) is 40.9 Å². The molecular weight excluding hydrogens is 287 g/mol. The molecule has 0 atom stereocenters. The largest absolute Gasteiger partial charge is 0.503 e. The summed E-state index contributed by atoms with van der Waals surface area (Å²) in [7, 11) is 0. The van der Waals surface area contributed by atoms with Gasteiger partial charge in [-0.15, -0.1) is 0 Å². The van der Waals surface area contributed by atoms with Gasteiger partial charge in [0.05, 0.1) is 15.1 Å². The standard InChI is InChI=1S/C11H5Cl3FNO/c12-7-2-1-5(8(13)9(7)14)6-3-4-16-11(15)10(6)17/h1-4,17H. The summed E-state index contributed by atoms with van der Waals surface area (Å²) in [6, 6.07) is 4.50. The van der Waals surface area contributed by atoms with E-state index in [4.69, 9.17) is 34.8 Å². The first-order valence-electron chi connectivity index (χ1n) is 4.49. The number of hydrogen-bond acceptors (Lipinski definition) is 2. The van der Waals surface area contributed by atoms with Crippen molar-refractivity contribution in [3.8, 4) is 16.9 Å². The zero-order valence-electron chi connectivity index (χ0n) is 8.22. The molecule has 0 fully saturated rings. The van der Waals surface area contributed by atoms with Crippen LogP contribution in [0.4, 0.5) is 4.39 Å². The minimum atomic E-state index is -0.968. The average Bonchev–Trinajstić information content (AvgIpc) is 2.31. The van der Waals surface area contributed by atoms with E-state index in [9.17, 15) is 9.50 Å². The van der Waals surface area contributed by atoms with Crippen LogP contribution in [-0.4, -0.2) is 10.1 Å². The van der Waals surface area contributed by atoms with Crippen molar-refractivity contribution in [2.24, 2.45) is 0 Å². The van der Waals surface area contributed by atoms with Crippen molar-refractivity contribution in [2.45, 2.75) is 0 Å². The second-order valence-corrected chi connectivity index (χ2v) is 4.38. The van der Waals surface area contributed by atoms with Gasteiger partial charge in [0.25, 0.3) is 5.95 Å². The first kappa shape index (κ1) is 12.4. The molecule has 0 saturated heterocycles. The van der Waals surface area contributed by atoms with E-state index in [0.29, 0.717) is 5.56 Å². The topological polar surface area (TPSA) is 33.1 Å². The molecule has 1 aromatic heterocycles. The molecule has 0 bridgehead atoms. The molecule has 0 spiro atoms. The Bertz CT molecular complexity index is 589. The molecule has 2 nitrogen and oxygen atoms in total. The van der Waals surface area contributed by atoms with Gasteiger partial charge in [0, 0.05) is 17.3 Å². The minimum absolute atomic E-state index is 0.153. The maximum absolute atomic E-state index is 13.1. The Balaban J connectivity index is 2.69. The van der Waals surface area contributed by atoms with Crippen LogP contribution >= 0.6 is 34.8 Å². The van der Waals surface area contributed by atoms with E-state index in [1.807, 2.05) is 0 Å². The van der Waals surface area contributed by atoms with E-state index >= 15 is 0 Å². The fraction of sp³-hybridized carbons (Fsp3) is 0. The van der Waals surface area contributed by atoms with Crippen LogP contribution in [0.3, 0.4) is 0 Å². The zero-order chi connectivity index (χ0) is 12.6. The van der Waals surface area contributed by atoms with E-state index in [1.165, 1.54) is 18.3 Å². The molecule has 0 aliphatic carbocycles. The maximum atomic E-state index is 13.1. The third kappa shape index (κ3) is 2.18. The summed E-state index contributed by atoms with van der Waals surface area (Å²) in [5, 5.41) is 10.2. The van der Waals surface area contributed by atoms with Crippen LogP contribution in [0, 0.1) is 5.95 Å². The van der Waals surface area contributed by atoms with E-state index in [0.717, 1.165) is 0 Å². The third-order valence-electron chi connectivity index (χ3n) is 2.20. The quantitative estimate of drug-likeness (QED) is 0.617. The van der Waals surface area contributed by atoms with Crippen LogP contribution in [0.2, 0.25) is 15.1 Å². The van der Waals surface area contributed by atoms with Crippen LogP contribution < -0.4 is 0 Å². The Morgan fingerprint density at radius 2 is 1.71 bits per heavy atom. The van der Waals surface area contributed by atoms with E-state index < -0.39 is 11.7 Å². The molecule has 88 valence electrons. The van der Waals surface area contributed by atoms with Crippen LogP contribution in [0.1, 0.15) is 0 Å². The summed E-state index contributed by atoms with van der Waals surface area (Å²) in [6.07, 6.45) is 1.23. The summed E-state index contributed by atoms with van der Waals surface area (Å²) >= 11 is 17.6. The molecular formula is C11H5Cl3FNO. The number of hydrogen-bond donors (Lipinski definition) is 1. The Labute approximate surface area is 112 Å². The van der Waals surface area contributed by atoms with Crippen molar-refractivity contribution in [1.29, 1.82) is 0 Å². The third-order valence-corrected chi connectivity index (χ3v) is 3.50. The number of benzene rings is 1. The molecule has 6 heteroatoms. The number of halogens is 4. The van der Waals surface area contributed by atoms with Gasteiger partial charge in [0.1, 0.15) is 0 Å². The molecule has 0 radical (unpaired) electrons. The molecule has 0 aliphatic rings. The average molecular weight is 293 g/mol. The normalized spacial score (nSPS) is 10.6. The Morgan fingerprint density at radius 3 is 2.41 bits per heavy atom. The van der Waals surface area contributed by atoms with Gasteiger partial charge in [-0.25, -0.2) is 4.98 Å². The highest BCUT2D eigenvalue weighted by Crippen LogP contribution is 2.41. The molecule has 2 aromatic rings. The minimum Gasteiger partial charge on any atom is -0.503 e. The lowest BCUT2D eigenvalue weighted by molar-refractivity contribution is 0.421. The van der Waals surface area contributed by atoms with Gasteiger partial charge >= 0.3 is 0 Å². The van der Waals surface area contributed by atoms with E-state index in [-0.39, 0.29) is 20.6 Å². The molecule has 1 N–H and O–H groups in total. The number of aromatic nitrogens is 1. The smallest absolute Gasteiger partial charge is 0.255 e. The SMILES string of the molecule is Oc1c(-c2ccc(Cl)c(Cl)c2Cl)ccnc1F. The fourth-order valence-corrected chi connectivity index (χ4v) is 2.02. The molecule has 2 rings (SSSR count). The second kappa shape index (κ2) is 4.69. The summed E-state index contributed by atoms with van der Waals surface area (Å²) in [5.74, 6) is -1.54. The van der Waals surface area contributed by atoms with E-state index in [2.05, 4.69) is 4.98 Å². The van der Waals surface area contributed by atoms with Gasteiger partial charge in [-0.2, -0.15) is 4.39 Å². The second-order valence-electron chi connectivity index (χ2n) is 3.22. The van der Waals surface area contributed by atoms with Crippen LogP contribution in [0.5, 0.6) is 5.75 Å². The molecule has 0 saturated carbocycles. The summed E-state index contributed by atoms with van der Waals surface area (Å²) in [6.45, 7) is 0. The Kier molecular flexibility index (Phi) is 3.43. The summed E-state index contributed by atoms with van der Waals surface area (Å²) in [5.41, 5.74) is 0.598. The van der Waals surface area contributed by atoms with Gasteiger partial charge in [0.2, 0.25) is 0 Å². The number of aromatic hydroxyl groups is 1. The Morgan fingerprint density at radius 1 is 1.00 bits per heavy atom. The monoisotopic (exact) mass is 291 g/mol. The van der Waals surface area contributed by atoms with Crippen molar-refractivity contribution in [3.05, 3.63) is 45.4 Å². The summed E-state index contributed by atoms with van der Waals surface area (Å²) < 4.78 is 13.1. The number of nitrogens with zero attached hydrogens (tertiary/aromatic N) is 1. The van der Waals surface area contributed by atoms with Gasteiger partial charge < -0.3 is 5.11 Å². The van der Waals surface area contributed by atoms with Crippen LogP contribution in [0.15, 0.2) is 24.4 Å². The lowest BCUT2D eigenvalue weighted by atomic mass is 10.1. The predicted molar refractivity (Wildman–Crippen MR) is 66.3 cm³/mol. The van der Waals surface area contributed by atoms with Crippen molar-refractivity contribution in [3.63, 3.8) is 0 Å². The molecule has 0 unspecified atom stereocenters. The van der Waals surface area contributed by atoms with Crippen LogP contribution in [-0.2, 0) is 0 Å². The lowest BCUT2D eigenvalue weighted by Crippen LogP contribution is -1.88. The highest BCUT2D eigenvalue weighted by molar-refractivity contribution is 6.49. The molecule has 17 heavy (non-hydrogen) atoms. The fourth-order valence-electron chi connectivity index (χ4n) is 1.38. The van der Waals surface area contributed by atoms with Crippen molar-refractivity contribution < 1.29 is 9.50 Å². The lowest BCUT2D eigenvalue weighted by Gasteiger charge is -2.09. The molecule has 1 aromatic carbocycles. The zero-order valence-corrected chi connectivity index (χ0v) is 10.5. The molecule has 1 heterocycles. The number of pyridine rings is 1. The first-order chi connectivity index (χ1) is 8.02. The van der Waals surface area contributed by atoms with Gasteiger partial charge in [-0.05, 0) is 12.1 Å². The highest BCUT2D eigenvalue weighted by atomic mass is 35.5. The highest BCUT2D eigenvalue weighted by Gasteiger charge is 2.15. The van der Waals surface area contributed by atoms with Crippen molar-refractivity contribution >= 4 is 34.8 Å². The van der Waals surface area contributed by atoms with Crippen LogP contribution in [0.25, 0.3) is 11.1 Å². The Hall–Kier alpha value is -1.03. The van der Waals surface area contributed by atoms with Gasteiger partial charge in [0.15, 0.2) is 5.75 Å². The number of rotatable bonds is 1. The summed E-state index contributed by atoms with van der Waals surface area (Å²) in [4.78, 5) is 3.32.